The zero-order chi connectivity index (χ0) is 13.9. The fraction of sp³-hybridized carbons (Fsp3) is 0. The van der Waals surface area contributed by atoms with E-state index in [4.69, 9.17) is 23.2 Å². The van der Waals surface area contributed by atoms with Gasteiger partial charge in [0, 0.05) is 33.6 Å². The van der Waals surface area contributed by atoms with Crippen molar-refractivity contribution in [3.63, 3.8) is 0 Å². The Morgan fingerprint density at radius 2 is 1.45 bits per heavy atom. The Balaban J connectivity index is 2.02. The van der Waals surface area contributed by atoms with Crippen molar-refractivity contribution in [2.75, 3.05) is 0 Å². The van der Waals surface area contributed by atoms with Gasteiger partial charge in [-0.1, -0.05) is 41.4 Å². The van der Waals surface area contributed by atoms with E-state index in [0.717, 1.165) is 22.5 Å². The van der Waals surface area contributed by atoms with Crippen LogP contribution < -0.4 is 0 Å². The lowest BCUT2D eigenvalue weighted by molar-refractivity contribution is 1.25. The first-order valence-corrected chi connectivity index (χ1v) is 6.83. The van der Waals surface area contributed by atoms with E-state index >= 15 is 0 Å². The maximum Gasteiger partial charge on any atom is 0.0886 e. The van der Waals surface area contributed by atoms with Crippen LogP contribution >= 0.6 is 23.2 Å². The quantitative estimate of drug-likeness (QED) is 0.656. The molecule has 98 valence electrons. The Labute approximate surface area is 127 Å². The second-order valence-corrected chi connectivity index (χ2v) is 5.06. The first kappa shape index (κ1) is 13.1. The Hall–Kier alpha value is -1.90. The molecule has 4 heteroatoms. The largest absolute Gasteiger partial charge is 0.255 e. The normalized spacial score (nSPS) is 10.5. The van der Waals surface area contributed by atoms with E-state index in [-0.39, 0.29) is 0 Å². The van der Waals surface area contributed by atoms with Crippen LogP contribution in [0.1, 0.15) is 0 Å². The molecule has 0 saturated heterocycles. The maximum atomic E-state index is 6.20. The average Bonchev–Trinajstić information content (AvgIpc) is 2.49. The van der Waals surface area contributed by atoms with Gasteiger partial charge in [-0.15, -0.1) is 0 Å². The van der Waals surface area contributed by atoms with Gasteiger partial charge in [-0.25, -0.2) is 0 Å². The van der Waals surface area contributed by atoms with Crippen molar-refractivity contribution in [1.29, 1.82) is 0 Å². The van der Waals surface area contributed by atoms with Crippen molar-refractivity contribution in [2.45, 2.75) is 0 Å². The number of rotatable bonds is 2. The van der Waals surface area contributed by atoms with Gasteiger partial charge in [0.25, 0.3) is 0 Å². The van der Waals surface area contributed by atoms with Crippen molar-refractivity contribution in [3.05, 3.63) is 71.0 Å². The molecular formula is C16H10Cl2N2. The monoisotopic (exact) mass is 300 g/mol. The number of aromatic nitrogens is 2. The zero-order valence-corrected chi connectivity index (χ0v) is 11.9. The lowest BCUT2D eigenvalue weighted by Crippen LogP contribution is -1.88. The molecule has 20 heavy (non-hydrogen) atoms. The molecule has 2 aromatic heterocycles. The summed E-state index contributed by atoms with van der Waals surface area (Å²) in [5.74, 6) is 0. The van der Waals surface area contributed by atoms with Gasteiger partial charge in [-0.3, -0.25) is 9.97 Å². The number of benzene rings is 1. The summed E-state index contributed by atoms with van der Waals surface area (Å²) in [6, 6.07) is 15.0. The topological polar surface area (TPSA) is 25.8 Å². The van der Waals surface area contributed by atoms with Gasteiger partial charge in [0.2, 0.25) is 0 Å². The summed E-state index contributed by atoms with van der Waals surface area (Å²) >= 11 is 12.4. The van der Waals surface area contributed by atoms with Crippen LogP contribution in [0, 0.1) is 0 Å². The lowest BCUT2D eigenvalue weighted by atomic mass is 10.1. The Kier molecular flexibility index (Phi) is 3.68. The van der Waals surface area contributed by atoms with Gasteiger partial charge in [0.05, 0.1) is 11.4 Å². The number of halogens is 2. The maximum absolute atomic E-state index is 6.20. The van der Waals surface area contributed by atoms with Crippen molar-refractivity contribution < 1.29 is 0 Å². The molecule has 2 heterocycles. The molecule has 0 aliphatic carbocycles. The van der Waals surface area contributed by atoms with Gasteiger partial charge >= 0.3 is 0 Å². The third-order valence-corrected chi connectivity index (χ3v) is 3.57. The fourth-order valence-electron chi connectivity index (χ4n) is 1.98. The number of pyridine rings is 2. The molecule has 1 aromatic carbocycles. The summed E-state index contributed by atoms with van der Waals surface area (Å²) in [5.41, 5.74) is 3.35. The minimum atomic E-state index is 0.616. The van der Waals surface area contributed by atoms with E-state index in [1.807, 2.05) is 48.5 Å². The molecule has 0 N–H and O–H groups in total. The SMILES string of the molecule is Clc1cccc(Cl)c1-c1ccc(-c2ccccn2)nc1. The van der Waals surface area contributed by atoms with Crippen LogP contribution in [-0.4, -0.2) is 9.97 Å². The van der Waals surface area contributed by atoms with Crippen molar-refractivity contribution in [2.24, 2.45) is 0 Å². The Morgan fingerprint density at radius 3 is 2.05 bits per heavy atom. The molecule has 0 bridgehead atoms. The minimum Gasteiger partial charge on any atom is -0.255 e. The van der Waals surface area contributed by atoms with Crippen LogP contribution in [0.4, 0.5) is 0 Å². The van der Waals surface area contributed by atoms with Crippen molar-refractivity contribution in [1.82, 2.24) is 9.97 Å². The summed E-state index contributed by atoms with van der Waals surface area (Å²) in [4.78, 5) is 8.70. The third kappa shape index (κ3) is 2.53. The zero-order valence-electron chi connectivity index (χ0n) is 10.4. The summed E-state index contributed by atoms with van der Waals surface area (Å²) in [6.45, 7) is 0. The van der Waals surface area contributed by atoms with Gasteiger partial charge in [-0.2, -0.15) is 0 Å². The predicted molar refractivity (Wildman–Crippen MR) is 82.9 cm³/mol. The lowest BCUT2D eigenvalue weighted by Gasteiger charge is -2.07. The molecule has 0 aliphatic rings. The van der Waals surface area contributed by atoms with E-state index in [9.17, 15) is 0 Å². The van der Waals surface area contributed by atoms with Crippen LogP contribution in [0.3, 0.4) is 0 Å². The summed E-state index contributed by atoms with van der Waals surface area (Å²) in [5, 5.41) is 1.23. The third-order valence-electron chi connectivity index (χ3n) is 2.94. The van der Waals surface area contributed by atoms with E-state index in [1.165, 1.54) is 0 Å². The average molecular weight is 301 g/mol. The van der Waals surface area contributed by atoms with Crippen LogP contribution in [0.2, 0.25) is 10.0 Å². The van der Waals surface area contributed by atoms with Crippen LogP contribution in [-0.2, 0) is 0 Å². The summed E-state index contributed by atoms with van der Waals surface area (Å²) < 4.78 is 0. The molecule has 0 saturated carbocycles. The second kappa shape index (κ2) is 5.61. The highest BCUT2D eigenvalue weighted by Gasteiger charge is 2.09. The molecule has 3 aromatic rings. The highest BCUT2D eigenvalue weighted by molar-refractivity contribution is 6.39. The molecule has 0 atom stereocenters. The number of hydrogen-bond donors (Lipinski definition) is 0. The highest BCUT2D eigenvalue weighted by atomic mass is 35.5. The molecule has 0 amide bonds. The first-order valence-electron chi connectivity index (χ1n) is 6.07. The Morgan fingerprint density at radius 1 is 0.700 bits per heavy atom. The molecule has 0 radical (unpaired) electrons. The van der Waals surface area contributed by atoms with E-state index in [2.05, 4.69) is 9.97 Å². The second-order valence-electron chi connectivity index (χ2n) is 4.24. The predicted octanol–water partition coefficient (Wildman–Crippen LogP) is 5.12. The van der Waals surface area contributed by atoms with Gasteiger partial charge < -0.3 is 0 Å². The summed E-state index contributed by atoms with van der Waals surface area (Å²) in [7, 11) is 0. The van der Waals surface area contributed by atoms with Crippen LogP contribution in [0.25, 0.3) is 22.5 Å². The van der Waals surface area contributed by atoms with Gasteiger partial charge in [-0.05, 0) is 30.3 Å². The smallest absolute Gasteiger partial charge is 0.0886 e. The molecular weight excluding hydrogens is 291 g/mol. The Bertz CT molecular complexity index is 705. The van der Waals surface area contributed by atoms with Crippen LogP contribution in [0.15, 0.2) is 60.9 Å². The first-order chi connectivity index (χ1) is 9.75. The fourth-order valence-corrected chi connectivity index (χ4v) is 2.60. The molecule has 0 unspecified atom stereocenters. The van der Waals surface area contributed by atoms with Gasteiger partial charge in [0.1, 0.15) is 0 Å². The summed E-state index contributed by atoms with van der Waals surface area (Å²) in [6.07, 6.45) is 3.51. The molecule has 0 fully saturated rings. The molecule has 2 nitrogen and oxygen atoms in total. The van der Waals surface area contributed by atoms with Gasteiger partial charge in [0.15, 0.2) is 0 Å². The number of nitrogens with zero attached hydrogens (tertiary/aromatic N) is 2. The standard InChI is InChI=1S/C16H10Cl2N2/c17-12-4-3-5-13(18)16(12)11-7-8-15(20-10-11)14-6-1-2-9-19-14/h1-10H. The molecule has 0 spiro atoms. The van der Waals surface area contributed by atoms with E-state index in [1.54, 1.807) is 12.4 Å². The van der Waals surface area contributed by atoms with Crippen molar-refractivity contribution >= 4 is 23.2 Å². The van der Waals surface area contributed by atoms with E-state index in [0.29, 0.717) is 10.0 Å². The van der Waals surface area contributed by atoms with Crippen LogP contribution in [0.5, 0.6) is 0 Å². The molecule has 0 aliphatic heterocycles. The molecule has 3 rings (SSSR count). The van der Waals surface area contributed by atoms with E-state index < -0.39 is 0 Å². The number of hydrogen-bond acceptors (Lipinski definition) is 2. The van der Waals surface area contributed by atoms with Crippen molar-refractivity contribution in [3.8, 4) is 22.5 Å². The highest BCUT2D eigenvalue weighted by Crippen LogP contribution is 2.34. The minimum absolute atomic E-state index is 0.616.